The molecule has 3 rings (SSSR count). The highest BCUT2D eigenvalue weighted by Gasteiger charge is 2.19. The molecule has 0 spiro atoms. The molecule has 1 aliphatic heterocycles. The molecule has 3 heterocycles. The molecule has 0 bridgehead atoms. The second-order valence-corrected chi connectivity index (χ2v) is 5.74. The van der Waals surface area contributed by atoms with Gasteiger partial charge in [-0.05, 0) is 18.6 Å². The summed E-state index contributed by atoms with van der Waals surface area (Å²) in [6.07, 6.45) is 3.70. The Kier molecular flexibility index (Phi) is 5.43. The van der Waals surface area contributed by atoms with Crippen LogP contribution >= 0.6 is 0 Å². The van der Waals surface area contributed by atoms with Crippen LogP contribution in [-0.2, 0) is 6.54 Å². The number of ether oxygens (including phenoxy) is 1. The van der Waals surface area contributed by atoms with Crippen molar-refractivity contribution >= 4 is 11.8 Å². The summed E-state index contributed by atoms with van der Waals surface area (Å²) in [5.74, 6) is 2.34. The molecule has 24 heavy (non-hydrogen) atoms. The van der Waals surface area contributed by atoms with Gasteiger partial charge in [0.05, 0.1) is 7.11 Å². The van der Waals surface area contributed by atoms with Crippen LogP contribution in [0.15, 0.2) is 30.6 Å². The number of pyridine rings is 1. The van der Waals surface area contributed by atoms with E-state index in [9.17, 15) is 0 Å². The molecular formula is C17H24N6O. The van der Waals surface area contributed by atoms with Crippen molar-refractivity contribution in [3.05, 3.63) is 36.2 Å². The van der Waals surface area contributed by atoms with Gasteiger partial charge in [0.2, 0.25) is 11.8 Å². The first kappa shape index (κ1) is 16.4. The monoisotopic (exact) mass is 328 g/mol. The predicted octanol–water partition coefficient (Wildman–Crippen LogP) is 1.63. The fourth-order valence-corrected chi connectivity index (χ4v) is 2.77. The number of hydrogen-bond acceptors (Lipinski definition) is 7. The van der Waals surface area contributed by atoms with Crippen molar-refractivity contribution in [1.29, 1.82) is 0 Å². The molecule has 0 unspecified atom stereocenters. The standard InChI is InChI=1S/C17H24N6O/c1-3-18-15-6-7-19-17(21-15)23-10-8-22(9-11-23)13-14-4-5-16(24-2)20-12-14/h4-7,12H,3,8-11,13H2,1-2H3,(H,18,19,21). The Balaban J connectivity index is 1.54. The number of piperazine rings is 1. The van der Waals surface area contributed by atoms with E-state index >= 15 is 0 Å². The Morgan fingerprint density at radius 3 is 2.62 bits per heavy atom. The Bertz CT molecular complexity index is 640. The first-order valence-electron chi connectivity index (χ1n) is 8.31. The first-order chi connectivity index (χ1) is 11.8. The third kappa shape index (κ3) is 4.11. The summed E-state index contributed by atoms with van der Waals surface area (Å²) in [7, 11) is 1.63. The lowest BCUT2D eigenvalue weighted by Crippen LogP contribution is -2.46. The van der Waals surface area contributed by atoms with Crippen LogP contribution in [0.3, 0.4) is 0 Å². The van der Waals surface area contributed by atoms with E-state index in [2.05, 4.69) is 43.1 Å². The zero-order chi connectivity index (χ0) is 16.8. The molecule has 2 aromatic rings. The molecule has 7 nitrogen and oxygen atoms in total. The van der Waals surface area contributed by atoms with Gasteiger partial charge in [0.1, 0.15) is 5.82 Å². The summed E-state index contributed by atoms with van der Waals surface area (Å²) in [5.41, 5.74) is 1.20. The molecule has 1 fully saturated rings. The summed E-state index contributed by atoms with van der Waals surface area (Å²) in [5, 5.41) is 3.23. The lowest BCUT2D eigenvalue weighted by atomic mass is 10.2. The number of hydrogen-bond donors (Lipinski definition) is 1. The van der Waals surface area contributed by atoms with Gasteiger partial charge in [-0.1, -0.05) is 6.07 Å². The van der Waals surface area contributed by atoms with Crippen LogP contribution in [0, 0.1) is 0 Å². The molecular weight excluding hydrogens is 304 g/mol. The molecule has 0 aliphatic carbocycles. The van der Waals surface area contributed by atoms with Crippen LogP contribution in [-0.4, -0.2) is 59.7 Å². The highest BCUT2D eigenvalue weighted by Crippen LogP contribution is 2.15. The van der Waals surface area contributed by atoms with Crippen molar-refractivity contribution in [2.45, 2.75) is 13.5 Å². The van der Waals surface area contributed by atoms with E-state index in [1.807, 2.05) is 24.5 Å². The third-order valence-corrected chi connectivity index (χ3v) is 4.07. The van der Waals surface area contributed by atoms with Gasteiger partial charge in [0.15, 0.2) is 0 Å². The minimum Gasteiger partial charge on any atom is -0.481 e. The molecule has 0 radical (unpaired) electrons. The number of rotatable bonds is 6. The average Bonchev–Trinajstić information content (AvgIpc) is 2.63. The lowest BCUT2D eigenvalue weighted by molar-refractivity contribution is 0.248. The fraction of sp³-hybridized carbons (Fsp3) is 0.471. The van der Waals surface area contributed by atoms with Crippen LogP contribution in [0.2, 0.25) is 0 Å². The molecule has 0 aromatic carbocycles. The number of nitrogens with one attached hydrogen (secondary N) is 1. The number of anilines is 2. The van der Waals surface area contributed by atoms with Gasteiger partial charge in [-0.15, -0.1) is 0 Å². The van der Waals surface area contributed by atoms with E-state index in [4.69, 9.17) is 4.74 Å². The average molecular weight is 328 g/mol. The maximum absolute atomic E-state index is 5.10. The van der Waals surface area contributed by atoms with Gasteiger partial charge in [-0.3, -0.25) is 4.90 Å². The minimum atomic E-state index is 0.654. The zero-order valence-electron chi connectivity index (χ0n) is 14.3. The van der Waals surface area contributed by atoms with Crippen molar-refractivity contribution < 1.29 is 4.74 Å². The number of methoxy groups -OCH3 is 1. The molecule has 7 heteroatoms. The number of aromatic nitrogens is 3. The molecule has 0 atom stereocenters. The van der Waals surface area contributed by atoms with Crippen molar-refractivity contribution in [1.82, 2.24) is 19.9 Å². The van der Waals surface area contributed by atoms with Crippen LogP contribution in [0.4, 0.5) is 11.8 Å². The van der Waals surface area contributed by atoms with E-state index in [1.54, 1.807) is 7.11 Å². The normalized spacial score (nSPS) is 15.3. The van der Waals surface area contributed by atoms with Gasteiger partial charge in [0.25, 0.3) is 0 Å². The Hall–Kier alpha value is -2.41. The smallest absolute Gasteiger partial charge is 0.227 e. The molecule has 1 aliphatic rings. The maximum atomic E-state index is 5.10. The topological polar surface area (TPSA) is 66.4 Å². The maximum Gasteiger partial charge on any atom is 0.227 e. The van der Waals surface area contributed by atoms with Gasteiger partial charge >= 0.3 is 0 Å². The number of nitrogens with zero attached hydrogens (tertiary/aromatic N) is 5. The fourth-order valence-electron chi connectivity index (χ4n) is 2.77. The summed E-state index contributed by atoms with van der Waals surface area (Å²) < 4.78 is 5.10. The summed E-state index contributed by atoms with van der Waals surface area (Å²) >= 11 is 0. The summed E-state index contributed by atoms with van der Waals surface area (Å²) in [4.78, 5) is 17.9. The molecule has 0 amide bonds. The lowest BCUT2D eigenvalue weighted by Gasteiger charge is -2.34. The van der Waals surface area contributed by atoms with E-state index in [1.165, 1.54) is 5.56 Å². The van der Waals surface area contributed by atoms with E-state index in [0.29, 0.717) is 5.88 Å². The zero-order valence-corrected chi connectivity index (χ0v) is 14.3. The van der Waals surface area contributed by atoms with Crippen molar-refractivity contribution in [2.75, 3.05) is 50.1 Å². The largest absolute Gasteiger partial charge is 0.481 e. The molecule has 128 valence electrons. The highest BCUT2D eigenvalue weighted by molar-refractivity contribution is 5.41. The Morgan fingerprint density at radius 2 is 1.96 bits per heavy atom. The first-order valence-corrected chi connectivity index (χ1v) is 8.31. The van der Waals surface area contributed by atoms with Crippen LogP contribution in [0.25, 0.3) is 0 Å². The summed E-state index contributed by atoms with van der Waals surface area (Å²) in [6.45, 7) is 7.66. The molecule has 1 saturated heterocycles. The highest BCUT2D eigenvalue weighted by atomic mass is 16.5. The van der Waals surface area contributed by atoms with Crippen LogP contribution < -0.4 is 15.0 Å². The molecule has 2 aromatic heterocycles. The Morgan fingerprint density at radius 1 is 1.12 bits per heavy atom. The SMILES string of the molecule is CCNc1ccnc(N2CCN(Cc3ccc(OC)nc3)CC2)n1. The predicted molar refractivity (Wildman–Crippen MR) is 94.5 cm³/mol. The van der Waals surface area contributed by atoms with Gasteiger partial charge in [-0.25, -0.2) is 9.97 Å². The van der Waals surface area contributed by atoms with Gasteiger partial charge in [0, 0.05) is 57.7 Å². The quantitative estimate of drug-likeness (QED) is 0.864. The van der Waals surface area contributed by atoms with Gasteiger partial charge < -0.3 is 15.0 Å². The van der Waals surface area contributed by atoms with Crippen molar-refractivity contribution in [3.8, 4) is 5.88 Å². The molecule has 0 saturated carbocycles. The van der Waals surface area contributed by atoms with Gasteiger partial charge in [-0.2, -0.15) is 4.98 Å². The van der Waals surface area contributed by atoms with E-state index < -0.39 is 0 Å². The van der Waals surface area contributed by atoms with E-state index in [0.717, 1.165) is 51.0 Å². The van der Waals surface area contributed by atoms with Crippen LogP contribution in [0.1, 0.15) is 12.5 Å². The van der Waals surface area contributed by atoms with Crippen LogP contribution in [0.5, 0.6) is 5.88 Å². The second-order valence-electron chi connectivity index (χ2n) is 5.74. The third-order valence-electron chi connectivity index (χ3n) is 4.07. The Labute approximate surface area is 142 Å². The van der Waals surface area contributed by atoms with Crippen molar-refractivity contribution in [2.24, 2.45) is 0 Å². The molecule has 1 N–H and O–H groups in total. The van der Waals surface area contributed by atoms with Crippen molar-refractivity contribution in [3.63, 3.8) is 0 Å². The summed E-state index contributed by atoms with van der Waals surface area (Å²) in [6, 6.07) is 5.88. The second kappa shape index (κ2) is 7.92. The van der Waals surface area contributed by atoms with E-state index in [-0.39, 0.29) is 0 Å². The minimum absolute atomic E-state index is 0.654.